The quantitative estimate of drug-likeness (QED) is 0.143. The van der Waals surface area contributed by atoms with E-state index in [0.29, 0.717) is 0 Å². The average molecular weight is 1170 g/mol. The fourth-order valence-corrected chi connectivity index (χ4v) is 9.27. The van der Waals surface area contributed by atoms with Crippen LogP contribution in [0.5, 0.6) is 0 Å². The normalized spacial score (nSPS) is 10.1. The van der Waals surface area contributed by atoms with Crippen molar-refractivity contribution in [3.05, 3.63) is 345 Å². The van der Waals surface area contributed by atoms with Crippen molar-refractivity contribution in [1.29, 1.82) is 0 Å². The van der Waals surface area contributed by atoms with Crippen LogP contribution in [0.2, 0.25) is 0 Å². The minimum atomic E-state index is 0.922. The first-order chi connectivity index (χ1) is 44.1. The molecule has 0 aliphatic heterocycles. The maximum absolute atomic E-state index is 4.44. The zero-order chi connectivity index (χ0) is 62.5. The molecule has 90 heavy (non-hydrogen) atoms. The van der Waals surface area contributed by atoms with Crippen LogP contribution in [0.15, 0.2) is 311 Å². The Bertz CT molecular complexity index is 3830. The summed E-state index contributed by atoms with van der Waals surface area (Å²) in [6, 6.07) is 82.7. The first kappa shape index (κ1) is 62.8. The van der Waals surface area contributed by atoms with Crippen LogP contribution in [0.4, 0.5) is 0 Å². The lowest BCUT2D eigenvalue weighted by Gasteiger charge is -2.07. The van der Waals surface area contributed by atoms with Crippen molar-refractivity contribution >= 4 is 0 Å². The number of pyridine rings is 11. The minimum Gasteiger partial charge on any atom is -0.265 e. The molecule has 11 aromatic heterocycles. The van der Waals surface area contributed by atoms with Gasteiger partial charge in [0.1, 0.15) is 0 Å². The summed E-state index contributed by atoms with van der Waals surface area (Å²) in [5, 5.41) is 0. The smallest absolute Gasteiger partial charge is 0.0889 e. The lowest BCUT2D eigenvalue weighted by atomic mass is 10.00. The van der Waals surface area contributed by atoms with Crippen LogP contribution >= 0.6 is 0 Å². The number of hydrogen-bond acceptors (Lipinski definition) is 11. The number of hydrogen-bond donors (Lipinski definition) is 0. The number of aromatic nitrogens is 11. The monoisotopic (exact) mass is 1170 g/mol. The number of benzene rings is 3. The van der Waals surface area contributed by atoms with Crippen molar-refractivity contribution in [2.45, 2.75) is 41.5 Å². The lowest BCUT2D eigenvalue weighted by Crippen LogP contribution is -1.87. The SMILES string of the molecule is Cc1cc(-c2ccccn2)cc(-c2ccccn2)c1.Cc1cc(-c2cccnc2)cc(-c2ccccn2)c1.Cc1cccc(-c2ccccc2)n1.Cc1cccc(-c2ccccn2)n1.Cc1cccc(-c2cccnc2)n1.Cc1cccc(-c2ccncc2)n1. The summed E-state index contributed by atoms with van der Waals surface area (Å²) in [4.78, 5) is 47.3. The van der Waals surface area contributed by atoms with E-state index in [1.807, 2.05) is 253 Å². The average Bonchev–Trinajstić information content (AvgIpc) is 3.12. The Kier molecular flexibility index (Phi) is 23.2. The molecule has 0 saturated carbocycles. The third-order valence-electron chi connectivity index (χ3n) is 13.5. The molecule has 0 spiro atoms. The van der Waals surface area contributed by atoms with E-state index in [9.17, 15) is 0 Å². The fraction of sp³-hybridized carbons (Fsp3) is 0.0759. The van der Waals surface area contributed by atoms with Crippen LogP contribution in [-0.4, -0.2) is 54.8 Å². The van der Waals surface area contributed by atoms with Gasteiger partial charge < -0.3 is 0 Å². The maximum Gasteiger partial charge on any atom is 0.0889 e. The standard InChI is InChI=1S/2C17H14N2.C12H11N.3C11H10N2/c1-13-10-14(16-6-2-4-8-18-16)12-15(11-13)17-7-3-5-9-19-17;1-13-9-15(14-5-4-7-18-12-14)11-16(10-13)17-6-2-3-8-19-17;1-10-6-5-9-12(13-10)11-7-3-2-4-8-11;1-9-4-2-6-11(13-9)10-5-3-7-12-8-10;1-9-5-4-7-11(13-9)10-6-2-3-8-12-10;1-9-3-2-4-11(13-9)10-5-7-12-8-6-10/h2*2-12H,1H3;2-9H,1H3;3*2-8H,1H3. The van der Waals surface area contributed by atoms with Gasteiger partial charge in [-0.3, -0.25) is 54.8 Å². The third kappa shape index (κ3) is 19.7. The van der Waals surface area contributed by atoms with Crippen molar-refractivity contribution in [1.82, 2.24) is 54.8 Å². The van der Waals surface area contributed by atoms with E-state index >= 15 is 0 Å². The molecule has 0 fully saturated rings. The molecule has 11 heterocycles. The summed E-state index contributed by atoms with van der Waals surface area (Å²) in [6.45, 7) is 12.2. The molecule has 14 aromatic rings. The molecule has 0 bridgehead atoms. The van der Waals surface area contributed by atoms with E-state index in [-0.39, 0.29) is 0 Å². The third-order valence-corrected chi connectivity index (χ3v) is 13.5. The predicted octanol–water partition coefficient (Wildman–Crippen LogP) is 18.7. The van der Waals surface area contributed by atoms with E-state index in [1.54, 1.807) is 31.0 Å². The summed E-state index contributed by atoms with van der Waals surface area (Å²) in [7, 11) is 0. The molecule has 440 valence electrons. The fourth-order valence-electron chi connectivity index (χ4n) is 9.27. The van der Waals surface area contributed by atoms with Gasteiger partial charge in [0.25, 0.3) is 0 Å². The van der Waals surface area contributed by atoms with E-state index in [1.165, 1.54) is 22.3 Å². The first-order valence-electron chi connectivity index (χ1n) is 29.5. The van der Waals surface area contributed by atoms with Gasteiger partial charge in [-0.15, -0.1) is 0 Å². The number of nitrogens with zero attached hydrogens (tertiary/aromatic N) is 11. The van der Waals surface area contributed by atoms with Crippen LogP contribution in [0.3, 0.4) is 0 Å². The molecule has 0 aliphatic carbocycles. The minimum absolute atomic E-state index is 0.922. The number of rotatable bonds is 8. The summed E-state index contributed by atoms with van der Waals surface area (Å²) < 4.78 is 0. The molecule has 0 saturated heterocycles. The van der Waals surface area contributed by atoms with E-state index in [0.717, 1.165) is 102 Å². The van der Waals surface area contributed by atoms with Gasteiger partial charge in [0.05, 0.1) is 45.6 Å². The molecule has 0 N–H and O–H groups in total. The second kappa shape index (κ2) is 33.3. The molecular weight excluding hydrogens is 1100 g/mol. The highest BCUT2D eigenvalue weighted by atomic mass is 14.8. The highest BCUT2D eigenvalue weighted by Crippen LogP contribution is 2.28. The molecule has 11 heteroatoms. The van der Waals surface area contributed by atoms with Crippen LogP contribution in [0, 0.1) is 41.5 Å². The van der Waals surface area contributed by atoms with Gasteiger partial charge in [0.2, 0.25) is 0 Å². The van der Waals surface area contributed by atoms with Gasteiger partial charge in [0, 0.05) is 124 Å². The second-order valence-corrected chi connectivity index (χ2v) is 20.8. The van der Waals surface area contributed by atoms with Crippen molar-refractivity contribution < 1.29 is 0 Å². The Hall–Kier alpha value is -11.7. The zero-order valence-electron chi connectivity index (χ0n) is 51.4. The van der Waals surface area contributed by atoms with Crippen molar-refractivity contribution in [2.75, 3.05) is 0 Å². The van der Waals surface area contributed by atoms with Gasteiger partial charge in [-0.25, -0.2) is 0 Å². The molecule has 0 atom stereocenters. The molecule has 14 rings (SSSR count). The molecule has 3 aromatic carbocycles. The Morgan fingerprint density at radius 2 is 0.522 bits per heavy atom. The highest BCUT2D eigenvalue weighted by Gasteiger charge is 2.07. The summed E-state index contributed by atoms with van der Waals surface area (Å²) >= 11 is 0. The molecule has 0 amide bonds. The van der Waals surface area contributed by atoms with Crippen LogP contribution < -0.4 is 0 Å². The summed E-state index contributed by atoms with van der Waals surface area (Å²) in [6.07, 6.45) is 18.0. The van der Waals surface area contributed by atoms with Crippen LogP contribution in [-0.2, 0) is 0 Å². The Morgan fingerprint density at radius 3 is 0.922 bits per heavy atom. The van der Waals surface area contributed by atoms with Gasteiger partial charge in [-0.2, -0.15) is 0 Å². The molecule has 0 unspecified atom stereocenters. The Labute approximate surface area is 528 Å². The molecule has 0 radical (unpaired) electrons. The lowest BCUT2D eigenvalue weighted by molar-refractivity contribution is 1.18. The first-order valence-corrected chi connectivity index (χ1v) is 29.5. The maximum atomic E-state index is 4.44. The van der Waals surface area contributed by atoms with Gasteiger partial charge >= 0.3 is 0 Å². The van der Waals surface area contributed by atoms with Gasteiger partial charge in [0.15, 0.2) is 0 Å². The Morgan fingerprint density at radius 1 is 0.189 bits per heavy atom. The van der Waals surface area contributed by atoms with Crippen molar-refractivity contribution in [2.24, 2.45) is 0 Å². The summed E-state index contributed by atoms with van der Waals surface area (Å²) in [5.41, 5.74) is 23.5. The summed E-state index contributed by atoms with van der Waals surface area (Å²) in [5.74, 6) is 0. The largest absolute Gasteiger partial charge is 0.265 e. The van der Waals surface area contributed by atoms with Gasteiger partial charge in [-0.1, -0.05) is 91.0 Å². The zero-order valence-corrected chi connectivity index (χ0v) is 51.4. The topological polar surface area (TPSA) is 142 Å². The van der Waals surface area contributed by atoms with E-state index in [4.69, 9.17) is 0 Å². The highest BCUT2D eigenvalue weighted by molar-refractivity contribution is 5.73. The molecule has 11 nitrogen and oxygen atoms in total. The van der Waals surface area contributed by atoms with Crippen molar-refractivity contribution in [3.8, 4) is 90.1 Å². The van der Waals surface area contributed by atoms with Crippen LogP contribution in [0.25, 0.3) is 90.1 Å². The Balaban J connectivity index is 0.000000129. The predicted molar refractivity (Wildman–Crippen MR) is 366 cm³/mol. The van der Waals surface area contributed by atoms with Crippen molar-refractivity contribution in [3.63, 3.8) is 0 Å². The van der Waals surface area contributed by atoms with Gasteiger partial charge in [-0.05, 0) is 216 Å². The molecular formula is C79H69N11. The second-order valence-electron chi connectivity index (χ2n) is 20.8. The number of aryl methyl sites for hydroxylation is 6. The molecule has 0 aliphatic rings. The van der Waals surface area contributed by atoms with E-state index in [2.05, 4.69) is 123 Å². The van der Waals surface area contributed by atoms with E-state index < -0.39 is 0 Å². The van der Waals surface area contributed by atoms with Crippen LogP contribution in [0.1, 0.15) is 33.9 Å².